The number of hydrogen-bond acceptors (Lipinski definition) is 4. The second kappa shape index (κ2) is 6.58. The molecule has 7 heteroatoms. The number of aromatic nitrogens is 4. The van der Waals surface area contributed by atoms with Gasteiger partial charge in [-0.25, -0.2) is 4.39 Å². The van der Waals surface area contributed by atoms with Crippen LogP contribution in [0.3, 0.4) is 0 Å². The maximum absolute atomic E-state index is 13.1. The van der Waals surface area contributed by atoms with Crippen molar-refractivity contribution >= 4 is 27.7 Å². The van der Waals surface area contributed by atoms with E-state index >= 15 is 0 Å². The van der Waals surface area contributed by atoms with Crippen molar-refractivity contribution in [2.24, 2.45) is 0 Å². The number of thioether (sulfide) groups is 1. The minimum Gasteiger partial charge on any atom is -0.207 e. The highest BCUT2D eigenvalue weighted by Gasteiger charge is 2.10. The van der Waals surface area contributed by atoms with Gasteiger partial charge in [-0.05, 0) is 47.2 Å². The van der Waals surface area contributed by atoms with Gasteiger partial charge >= 0.3 is 0 Å². The average Bonchev–Trinajstić information content (AvgIpc) is 2.95. The third-order valence-electron chi connectivity index (χ3n) is 3.09. The summed E-state index contributed by atoms with van der Waals surface area (Å²) in [7, 11) is 0. The standard InChI is InChI=1S/C15H12BrFN4S/c1-10-2-6-13(7-3-10)21-15(18-19-20-21)22-9-11-4-5-12(17)8-14(11)16/h2-8H,9H2,1H3. The quantitative estimate of drug-likeness (QED) is 0.639. The summed E-state index contributed by atoms with van der Waals surface area (Å²) in [6.07, 6.45) is 0. The zero-order valence-electron chi connectivity index (χ0n) is 11.7. The molecule has 2 aromatic carbocycles. The zero-order chi connectivity index (χ0) is 15.5. The molecule has 112 valence electrons. The molecule has 0 unspecified atom stereocenters. The van der Waals surface area contributed by atoms with E-state index in [0.717, 1.165) is 15.7 Å². The maximum Gasteiger partial charge on any atom is 0.214 e. The number of benzene rings is 2. The maximum atomic E-state index is 13.1. The largest absolute Gasteiger partial charge is 0.214 e. The molecule has 22 heavy (non-hydrogen) atoms. The number of hydrogen-bond donors (Lipinski definition) is 0. The number of tetrazole rings is 1. The Morgan fingerprint density at radius 1 is 1.18 bits per heavy atom. The molecule has 0 atom stereocenters. The van der Waals surface area contributed by atoms with Gasteiger partial charge in [-0.1, -0.05) is 51.5 Å². The molecule has 0 saturated heterocycles. The van der Waals surface area contributed by atoms with E-state index in [1.165, 1.54) is 29.5 Å². The smallest absolute Gasteiger partial charge is 0.207 e. The van der Waals surface area contributed by atoms with Crippen molar-refractivity contribution < 1.29 is 4.39 Å². The van der Waals surface area contributed by atoms with Crippen LogP contribution in [0.4, 0.5) is 4.39 Å². The lowest BCUT2D eigenvalue weighted by molar-refractivity contribution is 0.626. The van der Waals surface area contributed by atoms with E-state index in [1.54, 1.807) is 10.7 Å². The van der Waals surface area contributed by atoms with Gasteiger partial charge in [0.25, 0.3) is 0 Å². The Balaban J connectivity index is 1.79. The second-order valence-corrected chi connectivity index (χ2v) is 6.53. The highest BCUT2D eigenvalue weighted by atomic mass is 79.9. The van der Waals surface area contributed by atoms with Crippen LogP contribution in [0.15, 0.2) is 52.1 Å². The van der Waals surface area contributed by atoms with Crippen molar-refractivity contribution in [2.75, 3.05) is 0 Å². The predicted molar refractivity (Wildman–Crippen MR) is 87.6 cm³/mol. The Morgan fingerprint density at radius 3 is 2.68 bits per heavy atom. The SMILES string of the molecule is Cc1ccc(-n2nnnc2SCc2ccc(F)cc2Br)cc1. The normalized spacial score (nSPS) is 10.9. The van der Waals surface area contributed by atoms with Gasteiger partial charge in [-0.3, -0.25) is 0 Å². The lowest BCUT2D eigenvalue weighted by Crippen LogP contribution is -1.99. The summed E-state index contributed by atoms with van der Waals surface area (Å²) in [4.78, 5) is 0. The molecule has 4 nitrogen and oxygen atoms in total. The molecule has 1 aromatic heterocycles. The topological polar surface area (TPSA) is 43.6 Å². The lowest BCUT2D eigenvalue weighted by atomic mass is 10.2. The van der Waals surface area contributed by atoms with Crippen molar-refractivity contribution in [1.29, 1.82) is 0 Å². The molecular weight excluding hydrogens is 367 g/mol. The molecule has 1 heterocycles. The van der Waals surface area contributed by atoms with Gasteiger partial charge in [0.1, 0.15) is 5.82 Å². The van der Waals surface area contributed by atoms with Crippen LogP contribution in [-0.4, -0.2) is 20.2 Å². The predicted octanol–water partition coefficient (Wildman–Crippen LogP) is 4.16. The van der Waals surface area contributed by atoms with Crippen molar-refractivity contribution in [2.45, 2.75) is 17.8 Å². The molecule has 0 aliphatic carbocycles. The monoisotopic (exact) mass is 378 g/mol. The fourth-order valence-electron chi connectivity index (χ4n) is 1.90. The van der Waals surface area contributed by atoms with Crippen LogP contribution >= 0.6 is 27.7 Å². The van der Waals surface area contributed by atoms with E-state index in [1.807, 2.05) is 31.2 Å². The number of rotatable bonds is 4. The van der Waals surface area contributed by atoms with Crippen molar-refractivity contribution in [3.8, 4) is 5.69 Å². The Kier molecular flexibility index (Phi) is 4.54. The highest BCUT2D eigenvalue weighted by Crippen LogP contribution is 2.27. The van der Waals surface area contributed by atoms with Gasteiger partial charge in [0.2, 0.25) is 5.16 Å². The summed E-state index contributed by atoms with van der Waals surface area (Å²) in [6, 6.07) is 12.6. The summed E-state index contributed by atoms with van der Waals surface area (Å²) in [5.41, 5.74) is 3.09. The first-order chi connectivity index (χ1) is 10.6. The van der Waals surface area contributed by atoms with Crippen LogP contribution < -0.4 is 0 Å². The van der Waals surface area contributed by atoms with E-state index < -0.39 is 0 Å². The molecule has 0 aliphatic rings. The summed E-state index contributed by atoms with van der Waals surface area (Å²) in [5, 5.41) is 12.5. The van der Waals surface area contributed by atoms with E-state index in [0.29, 0.717) is 10.9 Å². The van der Waals surface area contributed by atoms with Gasteiger partial charge in [0, 0.05) is 10.2 Å². The minimum absolute atomic E-state index is 0.259. The molecule has 0 amide bonds. The first-order valence-corrected chi connectivity index (χ1v) is 8.33. The molecule has 0 fully saturated rings. The van der Waals surface area contributed by atoms with Crippen LogP contribution in [0, 0.1) is 12.7 Å². The molecule has 0 saturated carbocycles. The average molecular weight is 379 g/mol. The van der Waals surface area contributed by atoms with Crippen molar-refractivity contribution in [3.63, 3.8) is 0 Å². The number of halogens is 2. The molecule has 3 rings (SSSR count). The number of aryl methyl sites for hydroxylation is 1. The van der Waals surface area contributed by atoms with Crippen LogP contribution in [0.1, 0.15) is 11.1 Å². The van der Waals surface area contributed by atoms with Gasteiger partial charge in [0.05, 0.1) is 5.69 Å². The first-order valence-electron chi connectivity index (χ1n) is 6.55. The lowest BCUT2D eigenvalue weighted by Gasteiger charge is -2.06. The molecule has 0 aliphatic heterocycles. The first kappa shape index (κ1) is 15.2. The summed E-state index contributed by atoms with van der Waals surface area (Å²) in [5.74, 6) is 0.387. The Labute approximate surface area is 139 Å². The summed E-state index contributed by atoms with van der Waals surface area (Å²) < 4.78 is 15.5. The fraction of sp³-hybridized carbons (Fsp3) is 0.133. The number of nitrogens with zero attached hydrogens (tertiary/aromatic N) is 4. The molecule has 0 N–H and O–H groups in total. The van der Waals surface area contributed by atoms with E-state index in [4.69, 9.17) is 0 Å². The van der Waals surface area contributed by atoms with E-state index in [-0.39, 0.29) is 5.82 Å². The fourth-order valence-corrected chi connectivity index (χ4v) is 3.47. The third-order valence-corrected chi connectivity index (χ3v) is 4.80. The van der Waals surface area contributed by atoms with Gasteiger partial charge in [-0.2, -0.15) is 4.68 Å². The van der Waals surface area contributed by atoms with Gasteiger partial charge < -0.3 is 0 Å². The molecular formula is C15H12BrFN4S. The van der Waals surface area contributed by atoms with Gasteiger partial charge in [-0.15, -0.1) is 5.10 Å². The Hall–Kier alpha value is -1.73. The van der Waals surface area contributed by atoms with Crippen LogP contribution in [0.25, 0.3) is 5.69 Å². The molecule has 3 aromatic rings. The third kappa shape index (κ3) is 3.36. The minimum atomic E-state index is -0.259. The Morgan fingerprint density at radius 2 is 1.95 bits per heavy atom. The Bertz CT molecular complexity index is 788. The van der Waals surface area contributed by atoms with Crippen molar-refractivity contribution in [1.82, 2.24) is 20.2 Å². The highest BCUT2D eigenvalue weighted by molar-refractivity contribution is 9.10. The zero-order valence-corrected chi connectivity index (χ0v) is 14.1. The summed E-state index contributed by atoms with van der Waals surface area (Å²) >= 11 is 4.87. The van der Waals surface area contributed by atoms with Crippen molar-refractivity contribution in [3.05, 3.63) is 63.9 Å². The van der Waals surface area contributed by atoms with E-state index in [2.05, 4.69) is 31.5 Å². The second-order valence-electron chi connectivity index (χ2n) is 4.73. The molecule has 0 spiro atoms. The van der Waals surface area contributed by atoms with Crippen LogP contribution in [0.2, 0.25) is 0 Å². The molecule has 0 radical (unpaired) electrons. The van der Waals surface area contributed by atoms with Crippen LogP contribution in [0.5, 0.6) is 0 Å². The van der Waals surface area contributed by atoms with E-state index in [9.17, 15) is 4.39 Å². The molecule has 0 bridgehead atoms. The van der Waals surface area contributed by atoms with Gasteiger partial charge in [0.15, 0.2) is 0 Å². The summed E-state index contributed by atoms with van der Waals surface area (Å²) in [6.45, 7) is 2.03. The van der Waals surface area contributed by atoms with Crippen LogP contribution in [-0.2, 0) is 5.75 Å².